The fourth-order valence-electron chi connectivity index (χ4n) is 1.61. The Hall–Kier alpha value is -0.0800. The van der Waals surface area contributed by atoms with E-state index < -0.39 is 0 Å². The van der Waals surface area contributed by atoms with Crippen molar-refractivity contribution in [3.63, 3.8) is 0 Å². The fraction of sp³-hybridized carbons (Fsp3) is 1.00. The number of nitrogens with one attached hydrogen (secondary N) is 1. The van der Waals surface area contributed by atoms with E-state index >= 15 is 0 Å². The lowest BCUT2D eigenvalue weighted by molar-refractivity contribution is 0.0444. The highest BCUT2D eigenvalue weighted by Crippen LogP contribution is 2.13. The summed E-state index contributed by atoms with van der Waals surface area (Å²) in [5, 5.41) is 3.44. The van der Waals surface area contributed by atoms with Crippen LogP contribution in [0.3, 0.4) is 0 Å². The zero-order chi connectivity index (χ0) is 7.40. The SMILES string of the molecule is CCC1NCCCC1OC. The van der Waals surface area contributed by atoms with E-state index in [2.05, 4.69) is 12.2 Å². The molecule has 0 aromatic heterocycles. The van der Waals surface area contributed by atoms with Crippen LogP contribution >= 0.6 is 0 Å². The van der Waals surface area contributed by atoms with Crippen LogP contribution in [0, 0.1) is 0 Å². The van der Waals surface area contributed by atoms with Crippen molar-refractivity contribution in [3.8, 4) is 0 Å². The van der Waals surface area contributed by atoms with Crippen LogP contribution in [-0.4, -0.2) is 25.8 Å². The van der Waals surface area contributed by atoms with Gasteiger partial charge in [0.1, 0.15) is 0 Å². The molecule has 1 heterocycles. The second-order valence-corrected chi connectivity index (χ2v) is 2.89. The lowest BCUT2D eigenvalue weighted by Crippen LogP contribution is -2.45. The molecule has 0 aromatic rings. The predicted octanol–water partition coefficient (Wildman–Crippen LogP) is 1.16. The Bertz CT molecular complexity index is 83.3. The normalized spacial score (nSPS) is 34.2. The van der Waals surface area contributed by atoms with Gasteiger partial charge in [0.2, 0.25) is 0 Å². The highest BCUT2D eigenvalue weighted by Gasteiger charge is 2.21. The molecule has 1 fully saturated rings. The second-order valence-electron chi connectivity index (χ2n) is 2.89. The van der Waals surface area contributed by atoms with Crippen LogP contribution < -0.4 is 5.32 Å². The van der Waals surface area contributed by atoms with Crippen molar-refractivity contribution in [2.45, 2.75) is 38.3 Å². The van der Waals surface area contributed by atoms with E-state index in [4.69, 9.17) is 4.74 Å². The number of piperidine rings is 1. The Morgan fingerprint density at radius 2 is 2.40 bits per heavy atom. The van der Waals surface area contributed by atoms with Crippen molar-refractivity contribution >= 4 is 0 Å². The summed E-state index contributed by atoms with van der Waals surface area (Å²) < 4.78 is 5.33. The average molecular weight is 143 g/mol. The molecule has 1 N–H and O–H groups in total. The van der Waals surface area contributed by atoms with E-state index in [1.807, 2.05) is 0 Å². The van der Waals surface area contributed by atoms with Crippen LogP contribution in [0.5, 0.6) is 0 Å². The summed E-state index contributed by atoms with van der Waals surface area (Å²) in [6.45, 7) is 3.37. The molecule has 0 saturated carbocycles. The molecule has 0 bridgehead atoms. The predicted molar refractivity (Wildman–Crippen MR) is 42.1 cm³/mol. The molecule has 0 spiro atoms. The average Bonchev–Trinajstić information content (AvgIpc) is 2.04. The van der Waals surface area contributed by atoms with Gasteiger partial charge in [-0.25, -0.2) is 0 Å². The van der Waals surface area contributed by atoms with E-state index in [1.165, 1.54) is 25.8 Å². The summed E-state index contributed by atoms with van der Waals surface area (Å²) in [4.78, 5) is 0. The zero-order valence-electron chi connectivity index (χ0n) is 6.89. The van der Waals surface area contributed by atoms with Gasteiger partial charge in [0, 0.05) is 13.2 Å². The highest BCUT2D eigenvalue weighted by molar-refractivity contribution is 4.80. The Kier molecular flexibility index (Phi) is 3.16. The third-order valence-electron chi connectivity index (χ3n) is 2.26. The maximum absolute atomic E-state index is 5.33. The van der Waals surface area contributed by atoms with Crippen LogP contribution in [0.1, 0.15) is 26.2 Å². The third kappa shape index (κ3) is 1.70. The first-order valence-electron chi connectivity index (χ1n) is 4.14. The molecule has 1 rings (SSSR count). The minimum absolute atomic E-state index is 0.457. The smallest absolute Gasteiger partial charge is 0.0724 e. The molecular formula is C8H17NO. The van der Waals surface area contributed by atoms with Crippen molar-refractivity contribution in [2.75, 3.05) is 13.7 Å². The van der Waals surface area contributed by atoms with Gasteiger partial charge in [-0.05, 0) is 25.8 Å². The lowest BCUT2D eigenvalue weighted by atomic mass is 9.99. The lowest BCUT2D eigenvalue weighted by Gasteiger charge is -2.30. The largest absolute Gasteiger partial charge is 0.380 e. The van der Waals surface area contributed by atoms with Gasteiger partial charge in [0.25, 0.3) is 0 Å². The van der Waals surface area contributed by atoms with E-state index in [0.29, 0.717) is 12.1 Å². The first kappa shape index (κ1) is 8.02. The molecule has 0 aliphatic carbocycles. The number of hydrogen-bond acceptors (Lipinski definition) is 2. The third-order valence-corrected chi connectivity index (χ3v) is 2.26. The Balaban J connectivity index is 2.34. The maximum atomic E-state index is 5.33. The quantitative estimate of drug-likeness (QED) is 0.626. The van der Waals surface area contributed by atoms with Crippen molar-refractivity contribution in [1.29, 1.82) is 0 Å². The fourth-order valence-corrected chi connectivity index (χ4v) is 1.61. The van der Waals surface area contributed by atoms with Crippen LogP contribution in [-0.2, 0) is 4.74 Å². The summed E-state index contributed by atoms with van der Waals surface area (Å²) in [5.74, 6) is 0. The molecular weight excluding hydrogens is 126 g/mol. The van der Waals surface area contributed by atoms with Gasteiger partial charge in [0.05, 0.1) is 6.10 Å². The van der Waals surface area contributed by atoms with Gasteiger partial charge in [-0.2, -0.15) is 0 Å². The van der Waals surface area contributed by atoms with E-state index in [0.717, 1.165) is 0 Å². The van der Waals surface area contributed by atoms with Gasteiger partial charge in [-0.1, -0.05) is 6.92 Å². The van der Waals surface area contributed by atoms with Gasteiger partial charge in [-0.3, -0.25) is 0 Å². The first-order valence-corrected chi connectivity index (χ1v) is 4.14. The number of ether oxygens (including phenoxy) is 1. The molecule has 2 unspecified atom stereocenters. The van der Waals surface area contributed by atoms with Crippen molar-refractivity contribution < 1.29 is 4.74 Å². The van der Waals surface area contributed by atoms with Crippen LogP contribution in [0.15, 0.2) is 0 Å². The zero-order valence-corrected chi connectivity index (χ0v) is 6.89. The Morgan fingerprint density at radius 3 is 2.90 bits per heavy atom. The minimum atomic E-state index is 0.457. The van der Waals surface area contributed by atoms with Gasteiger partial charge >= 0.3 is 0 Å². The molecule has 1 saturated heterocycles. The number of hydrogen-bond donors (Lipinski definition) is 1. The number of methoxy groups -OCH3 is 1. The summed E-state index contributed by atoms with van der Waals surface area (Å²) in [6.07, 6.45) is 4.12. The molecule has 1 aliphatic rings. The maximum Gasteiger partial charge on any atom is 0.0724 e. The molecule has 60 valence electrons. The van der Waals surface area contributed by atoms with Gasteiger partial charge in [-0.15, -0.1) is 0 Å². The van der Waals surface area contributed by atoms with E-state index in [9.17, 15) is 0 Å². The molecule has 0 aromatic carbocycles. The van der Waals surface area contributed by atoms with E-state index in [1.54, 1.807) is 7.11 Å². The summed E-state index contributed by atoms with van der Waals surface area (Å²) in [6, 6.07) is 0.596. The van der Waals surface area contributed by atoms with Crippen LogP contribution in [0.25, 0.3) is 0 Å². The monoisotopic (exact) mass is 143 g/mol. The Morgan fingerprint density at radius 1 is 1.60 bits per heavy atom. The van der Waals surface area contributed by atoms with Crippen molar-refractivity contribution in [1.82, 2.24) is 5.32 Å². The molecule has 2 nitrogen and oxygen atoms in total. The number of rotatable bonds is 2. The first-order chi connectivity index (χ1) is 4.88. The molecule has 2 heteroatoms. The molecule has 1 aliphatic heterocycles. The van der Waals surface area contributed by atoms with Gasteiger partial charge < -0.3 is 10.1 Å². The topological polar surface area (TPSA) is 21.3 Å². The summed E-state index contributed by atoms with van der Waals surface area (Å²) in [5.41, 5.74) is 0. The summed E-state index contributed by atoms with van der Waals surface area (Å²) >= 11 is 0. The molecule has 0 amide bonds. The van der Waals surface area contributed by atoms with Crippen LogP contribution in [0.2, 0.25) is 0 Å². The van der Waals surface area contributed by atoms with Crippen molar-refractivity contribution in [2.24, 2.45) is 0 Å². The Labute approximate surface area is 63.0 Å². The van der Waals surface area contributed by atoms with Crippen molar-refractivity contribution in [3.05, 3.63) is 0 Å². The summed E-state index contributed by atoms with van der Waals surface area (Å²) in [7, 11) is 1.81. The molecule has 0 radical (unpaired) electrons. The van der Waals surface area contributed by atoms with E-state index in [-0.39, 0.29) is 0 Å². The molecule has 2 atom stereocenters. The minimum Gasteiger partial charge on any atom is -0.380 e. The molecule has 10 heavy (non-hydrogen) atoms. The standard InChI is InChI=1S/C8H17NO/c1-3-7-8(10-2)5-4-6-9-7/h7-9H,3-6H2,1-2H3. The second kappa shape index (κ2) is 3.94. The van der Waals surface area contributed by atoms with Crippen LogP contribution in [0.4, 0.5) is 0 Å². The highest BCUT2D eigenvalue weighted by atomic mass is 16.5. The van der Waals surface area contributed by atoms with Gasteiger partial charge in [0.15, 0.2) is 0 Å².